The molecular weight excluding hydrogens is 406 g/mol. The summed E-state index contributed by atoms with van der Waals surface area (Å²) < 4.78 is 29.6. The smallest absolute Gasteiger partial charge is 0.293 e. The van der Waals surface area contributed by atoms with E-state index in [1.807, 2.05) is 18.1 Å². The monoisotopic (exact) mass is 427 g/mol. The number of nitrogens with zero attached hydrogens (tertiary/aromatic N) is 4. The zero-order chi connectivity index (χ0) is 21.3. The molecule has 1 N–H and O–H groups in total. The highest BCUT2D eigenvalue weighted by Crippen LogP contribution is 2.41. The molecule has 0 radical (unpaired) electrons. The average Bonchev–Trinajstić information content (AvgIpc) is 3.36. The van der Waals surface area contributed by atoms with Gasteiger partial charge in [-0.25, -0.2) is 8.42 Å². The van der Waals surface area contributed by atoms with Gasteiger partial charge in [-0.3, -0.25) is 19.5 Å². The Labute approximate surface area is 174 Å². The third-order valence-corrected chi connectivity index (χ3v) is 6.53. The molecule has 10 heteroatoms. The standard InChI is InChI=1S/C20H21N5O4S/c1-23-14-15(13-21-23)18-8-5-11-24(18)19-10-9-17(12-20(19)25(26)27)30(28,29)22-16-6-3-2-4-7-16/h2-4,6-7,9-10,12-14,18,22H,5,8,11H2,1H3. The number of aryl methyl sites for hydroxylation is 1. The Morgan fingerprint density at radius 1 is 1.20 bits per heavy atom. The van der Waals surface area contributed by atoms with Crippen LogP contribution in [0.1, 0.15) is 24.4 Å². The molecule has 3 aromatic rings. The number of benzene rings is 2. The van der Waals surface area contributed by atoms with Crippen LogP contribution in [0.4, 0.5) is 17.1 Å². The Morgan fingerprint density at radius 3 is 2.63 bits per heavy atom. The molecule has 1 aliphatic rings. The van der Waals surface area contributed by atoms with Crippen LogP contribution >= 0.6 is 0 Å². The molecule has 1 unspecified atom stereocenters. The van der Waals surface area contributed by atoms with Crippen molar-refractivity contribution < 1.29 is 13.3 Å². The van der Waals surface area contributed by atoms with E-state index < -0.39 is 14.9 Å². The van der Waals surface area contributed by atoms with Gasteiger partial charge in [0.1, 0.15) is 5.69 Å². The summed E-state index contributed by atoms with van der Waals surface area (Å²) in [5.41, 5.74) is 1.54. The van der Waals surface area contributed by atoms with Gasteiger partial charge < -0.3 is 4.90 Å². The second-order valence-electron chi connectivity index (χ2n) is 7.18. The lowest BCUT2D eigenvalue weighted by atomic mass is 10.1. The number of anilines is 2. The number of hydrogen-bond acceptors (Lipinski definition) is 6. The summed E-state index contributed by atoms with van der Waals surface area (Å²) in [6, 6.07) is 12.4. The Kier molecular flexibility index (Phi) is 5.17. The maximum atomic E-state index is 12.7. The minimum Gasteiger partial charge on any atom is -0.359 e. The fourth-order valence-electron chi connectivity index (χ4n) is 3.79. The molecule has 2 heterocycles. The molecule has 30 heavy (non-hydrogen) atoms. The third-order valence-electron chi connectivity index (χ3n) is 5.15. The van der Waals surface area contributed by atoms with Crippen molar-refractivity contribution in [2.75, 3.05) is 16.2 Å². The fraction of sp³-hybridized carbons (Fsp3) is 0.250. The Bertz CT molecular complexity index is 1180. The van der Waals surface area contributed by atoms with Crippen LogP contribution in [0.3, 0.4) is 0 Å². The lowest BCUT2D eigenvalue weighted by Gasteiger charge is -2.26. The van der Waals surface area contributed by atoms with E-state index in [4.69, 9.17) is 0 Å². The van der Waals surface area contributed by atoms with Crippen LogP contribution in [-0.2, 0) is 17.1 Å². The molecule has 1 aliphatic heterocycles. The van der Waals surface area contributed by atoms with Crippen molar-refractivity contribution in [2.45, 2.75) is 23.8 Å². The summed E-state index contributed by atoms with van der Waals surface area (Å²) in [7, 11) is -2.13. The highest BCUT2D eigenvalue weighted by Gasteiger charge is 2.32. The summed E-state index contributed by atoms with van der Waals surface area (Å²) in [6.07, 6.45) is 5.39. The van der Waals surface area contributed by atoms with Crippen LogP contribution in [0.5, 0.6) is 0 Å². The lowest BCUT2D eigenvalue weighted by Crippen LogP contribution is -2.23. The maximum absolute atomic E-state index is 12.7. The van der Waals surface area contributed by atoms with Gasteiger partial charge in [0.05, 0.1) is 22.1 Å². The number of aromatic nitrogens is 2. The predicted octanol–water partition coefficient (Wildman–Crippen LogP) is 3.47. The minimum atomic E-state index is -3.96. The van der Waals surface area contributed by atoms with E-state index >= 15 is 0 Å². The van der Waals surface area contributed by atoms with Crippen molar-refractivity contribution in [3.05, 3.63) is 76.6 Å². The minimum absolute atomic E-state index is 0.0395. The molecule has 0 bridgehead atoms. The SMILES string of the molecule is Cn1cc(C2CCCN2c2ccc(S(=O)(=O)Nc3ccccc3)cc2[N+](=O)[O-])cn1. The first-order valence-electron chi connectivity index (χ1n) is 9.46. The zero-order valence-electron chi connectivity index (χ0n) is 16.3. The Balaban J connectivity index is 1.69. The fourth-order valence-corrected chi connectivity index (χ4v) is 4.87. The first-order valence-corrected chi connectivity index (χ1v) is 10.9. The topological polar surface area (TPSA) is 110 Å². The largest absolute Gasteiger partial charge is 0.359 e. The van der Waals surface area contributed by atoms with Gasteiger partial charge in [0.15, 0.2) is 0 Å². The van der Waals surface area contributed by atoms with E-state index in [-0.39, 0.29) is 16.6 Å². The molecule has 1 aromatic heterocycles. The van der Waals surface area contributed by atoms with Crippen molar-refractivity contribution in [3.8, 4) is 0 Å². The summed E-state index contributed by atoms with van der Waals surface area (Å²) in [4.78, 5) is 13.1. The van der Waals surface area contributed by atoms with Crippen molar-refractivity contribution in [3.63, 3.8) is 0 Å². The van der Waals surface area contributed by atoms with Crippen molar-refractivity contribution in [1.82, 2.24) is 9.78 Å². The lowest BCUT2D eigenvalue weighted by molar-refractivity contribution is -0.384. The van der Waals surface area contributed by atoms with Crippen molar-refractivity contribution >= 4 is 27.1 Å². The number of para-hydroxylation sites is 1. The van der Waals surface area contributed by atoms with Gasteiger partial charge in [-0.2, -0.15) is 5.10 Å². The summed E-state index contributed by atoms with van der Waals surface area (Å²) in [5, 5.41) is 16.0. The molecule has 0 spiro atoms. The summed E-state index contributed by atoms with van der Waals surface area (Å²) in [5.74, 6) is 0. The first kappa shape index (κ1) is 19.9. The number of nitro groups is 1. The van der Waals surface area contributed by atoms with Crippen LogP contribution in [-0.4, -0.2) is 29.7 Å². The molecule has 9 nitrogen and oxygen atoms in total. The number of nitro benzene ring substituents is 1. The third kappa shape index (κ3) is 3.86. The number of sulfonamides is 1. The predicted molar refractivity (Wildman–Crippen MR) is 113 cm³/mol. The molecule has 156 valence electrons. The summed E-state index contributed by atoms with van der Waals surface area (Å²) >= 11 is 0. The number of hydrogen-bond donors (Lipinski definition) is 1. The van der Waals surface area contributed by atoms with Crippen molar-refractivity contribution in [2.24, 2.45) is 7.05 Å². The van der Waals surface area contributed by atoms with Gasteiger partial charge in [0, 0.05) is 37.1 Å². The molecule has 2 aromatic carbocycles. The molecule has 1 atom stereocenters. The summed E-state index contributed by atoms with van der Waals surface area (Å²) in [6.45, 7) is 0.648. The molecular formula is C20H21N5O4S. The molecule has 0 aliphatic carbocycles. The van der Waals surface area contributed by atoms with Gasteiger partial charge in [0.2, 0.25) is 0 Å². The second kappa shape index (κ2) is 7.79. The molecule has 0 saturated carbocycles. The number of nitrogens with one attached hydrogen (secondary N) is 1. The van der Waals surface area contributed by atoms with E-state index in [0.29, 0.717) is 17.9 Å². The van der Waals surface area contributed by atoms with Gasteiger partial charge in [-0.15, -0.1) is 0 Å². The van der Waals surface area contributed by atoms with Crippen LogP contribution in [0.25, 0.3) is 0 Å². The highest BCUT2D eigenvalue weighted by atomic mass is 32.2. The van der Waals surface area contributed by atoms with Gasteiger partial charge in [-0.05, 0) is 37.1 Å². The average molecular weight is 427 g/mol. The van der Waals surface area contributed by atoms with Crippen LogP contribution in [0.2, 0.25) is 0 Å². The van der Waals surface area contributed by atoms with Crippen LogP contribution < -0.4 is 9.62 Å². The van der Waals surface area contributed by atoms with Crippen LogP contribution in [0.15, 0.2) is 65.8 Å². The van der Waals surface area contributed by atoms with Gasteiger partial charge in [-0.1, -0.05) is 18.2 Å². The zero-order valence-corrected chi connectivity index (χ0v) is 17.1. The van der Waals surface area contributed by atoms with E-state index in [2.05, 4.69) is 9.82 Å². The second-order valence-corrected chi connectivity index (χ2v) is 8.86. The molecule has 1 fully saturated rings. The van der Waals surface area contributed by atoms with Crippen LogP contribution in [0, 0.1) is 10.1 Å². The van der Waals surface area contributed by atoms with Gasteiger partial charge >= 0.3 is 0 Å². The maximum Gasteiger partial charge on any atom is 0.293 e. The Morgan fingerprint density at radius 2 is 1.97 bits per heavy atom. The van der Waals surface area contributed by atoms with E-state index in [0.717, 1.165) is 24.5 Å². The molecule has 4 rings (SSSR count). The Hall–Kier alpha value is -3.40. The van der Waals surface area contributed by atoms with E-state index in [1.54, 1.807) is 41.2 Å². The first-order chi connectivity index (χ1) is 14.3. The molecule has 0 amide bonds. The quantitative estimate of drug-likeness (QED) is 0.476. The normalized spacial score (nSPS) is 16.6. The molecule has 1 saturated heterocycles. The number of rotatable bonds is 6. The van der Waals surface area contributed by atoms with E-state index in [1.165, 1.54) is 12.1 Å². The van der Waals surface area contributed by atoms with E-state index in [9.17, 15) is 18.5 Å². The highest BCUT2D eigenvalue weighted by molar-refractivity contribution is 7.92. The van der Waals surface area contributed by atoms with Gasteiger partial charge in [0.25, 0.3) is 15.7 Å². The van der Waals surface area contributed by atoms with Crippen molar-refractivity contribution in [1.29, 1.82) is 0 Å².